The van der Waals surface area contributed by atoms with E-state index in [4.69, 9.17) is 22.1 Å². The Balaban J connectivity index is 2.49. The normalized spacial score (nSPS) is 10.1. The van der Waals surface area contributed by atoms with Gasteiger partial charge in [-0.15, -0.1) is 0 Å². The van der Waals surface area contributed by atoms with Crippen LogP contribution >= 0.6 is 11.6 Å². The van der Waals surface area contributed by atoms with Crippen LogP contribution in [0, 0.1) is 0 Å². The van der Waals surface area contributed by atoms with E-state index in [1.54, 1.807) is 42.5 Å². The molecule has 2 aromatic rings. The fourth-order valence-corrected chi connectivity index (χ4v) is 1.87. The minimum Gasteiger partial charge on any atom is -0.497 e. The van der Waals surface area contributed by atoms with E-state index in [9.17, 15) is 4.79 Å². The Labute approximate surface area is 110 Å². The van der Waals surface area contributed by atoms with Crippen molar-refractivity contribution in [3.8, 4) is 5.75 Å². The molecule has 0 aliphatic rings. The molecule has 0 unspecified atom stereocenters. The molecule has 0 radical (unpaired) electrons. The first-order valence-electron chi connectivity index (χ1n) is 5.36. The van der Waals surface area contributed by atoms with Gasteiger partial charge in [0.05, 0.1) is 12.1 Å². The summed E-state index contributed by atoms with van der Waals surface area (Å²) in [6.45, 7) is 0. The SMILES string of the molecule is COc1ccc(N)c(C(=O)c2ccccc2Cl)c1. The molecule has 0 amide bonds. The zero-order valence-electron chi connectivity index (χ0n) is 9.81. The highest BCUT2D eigenvalue weighted by molar-refractivity contribution is 6.35. The van der Waals surface area contributed by atoms with Crippen molar-refractivity contribution in [2.75, 3.05) is 12.8 Å². The Morgan fingerprint density at radius 2 is 1.89 bits per heavy atom. The van der Waals surface area contributed by atoms with E-state index in [2.05, 4.69) is 0 Å². The molecule has 0 spiro atoms. The van der Waals surface area contributed by atoms with Crippen LogP contribution in [0.5, 0.6) is 5.75 Å². The molecule has 0 heterocycles. The number of carbonyl (C=O) groups excluding carboxylic acids is 1. The summed E-state index contributed by atoms with van der Waals surface area (Å²) < 4.78 is 5.09. The fraction of sp³-hybridized carbons (Fsp3) is 0.0714. The number of nitrogen functional groups attached to an aromatic ring is 1. The number of nitrogens with two attached hydrogens (primary N) is 1. The average molecular weight is 262 g/mol. The lowest BCUT2D eigenvalue weighted by Gasteiger charge is -2.08. The van der Waals surface area contributed by atoms with Gasteiger partial charge in [0.1, 0.15) is 5.75 Å². The molecule has 0 saturated heterocycles. The molecule has 0 atom stereocenters. The number of methoxy groups -OCH3 is 1. The van der Waals surface area contributed by atoms with Crippen LogP contribution in [0.1, 0.15) is 15.9 Å². The zero-order chi connectivity index (χ0) is 13.1. The topological polar surface area (TPSA) is 52.3 Å². The average Bonchev–Trinajstić information content (AvgIpc) is 2.39. The molecular formula is C14H12ClNO2. The van der Waals surface area contributed by atoms with Crippen molar-refractivity contribution in [2.45, 2.75) is 0 Å². The molecule has 0 saturated carbocycles. The van der Waals surface area contributed by atoms with E-state index in [0.29, 0.717) is 27.6 Å². The van der Waals surface area contributed by atoms with Crippen molar-refractivity contribution in [2.24, 2.45) is 0 Å². The highest BCUT2D eigenvalue weighted by Gasteiger charge is 2.15. The third kappa shape index (κ3) is 2.31. The van der Waals surface area contributed by atoms with Gasteiger partial charge in [-0.25, -0.2) is 0 Å². The molecule has 18 heavy (non-hydrogen) atoms. The Hall–Kier alpha value is -2.00. The van der Waals surface area contributed by atoms with Crippen LogP contribution in [0.2, 0.25) is 5.02 Å². The van der Waals surface area contributed by atoms with Crippen molar-refractivity contribution in [3.05, 3.63) is 58.6 Å². The maximum Gasteiger partial charge on any atom is 0.196 e. The van der Waals surface area contributed by atoms with E-state index >= 15 is 0 Å². The first-order valence-corrected chi connectivity index (χ1v) is 5.74. The first kappa shape index (κ1) is 12.5. The molecule has 2 N–H and O–H groups in total. The second kappa shape index (κ2) is 5.10. The van der Waals surface area contributed by atoms with Gasteiger partial charge in [0, 0.05) is 16.8 Å². The molecule has 0 aliphatic heterocycles. The van der Waals surface area contributed by atoms with Gasteiger partial charge < -0.3 is 10.5 Å². The molecule has 3 nitrogen and oxygen atoms in total. The summed E-state index contributed by atoms with van der Waals surface area (Å²) in [5, 5.41) is 0.407. The van der Waals surface area contributed by atoms with Gasteiger partial charge in [-0.3, -0.25) is 4.79 Å². The van der Waals surface area contributed by atoms with Crippen molar-refractivity contribution in [3.63, 3.8) is 0 Å². The van der Waals surface area contributed by atoms with Gasteiger partial charge >= 0.3 is 0 Å². The van der Waals surface area contributed by atoms with Crippen molar-refractivity contribution < 1.29 is 9.53 Å². The van der Waals surface area contributed by atoms with Crippen LogP contribution in [-0.2, 0) is 0 Å². The minimum atomic E-state index is -0.211. The monoisotopic (exact) mass is 261 g/mol. The van der Waals surface area contributed by atoms with E-state index in [-0.39, 0.29) is 5.78 Å². The molecule has 2 rings (SSSR count). The quantitative estimate of drug-likeness (QED) is 0.682. The summed E-state index contributed by atoms with van der Waals surface area (Å²) in [4.78, 5) is 12.3. The Morgan fingerprint density at radius 1 is 1.17 bits per heavy atom. The molecule has 4 heteroatoms. The summed E-state index contributed by atoms with van der Waals surface area (Å²) in [5.41, 5.74) is 7.04. The van der Waals surface area contributed by atoms with Crippen LogP contribution in [-0.4, -0.2) is 12.9 Å². The maximum absolute atomic E-state index is 12.3. The van der Waals surface area contributed by atoms with Gasteiger partial charge in [0.25, 0.3) is 0 Å². The lowest BCUT2D eigenvalue weighted by atomic mass is 10.0. The summed E-state index contributed by atoms with van der Waals surface area (Å²) in [6, 6.07) is 11.8. The Bertz CT molecular complexity index is 596. The van der Waals surface area contributed by atoms with Gasteiger partial charge in [0.2, 0.25) is 0 Å². The minimum absolute atomic E-state index is 0.211. The van der Waals surface area contributed by atoms with Gasteiger partial charge in [-0.1, -0.05) is 23.7 Å². The van der Waals surface area contributed by atoms with Crippen LogP contribution in [0.4, 0.5) is 5.69 Å². The van der Waals surface area contributed by atoms with Gasteiger partial charge in [0.15, 0.2) is 5.78 Å². The second-order valence-electron chi connectivity index (χ2n) is 3.76. The van der Waals surface area contributed by atoms with Crippen LogP contribution in [0.25, 0.3) is 0 Å². The Morgan fingerprint density at radius 3 is 2.56 bits per heavy atom. The molecule has 0 bridgehead atoms. The van der Waals surface area contributed by atoms with Crippen LogP contribution in [0.3, 0.4) is 0 Å². The largest absolute Gasteiger partial charge is 0.497 e. The summed E-state index contributed by atoms with van der Waals surface area (Å²) in [5.74, 6) is 0.372. The molecule has 0 fully saturated rings. The summed E-state index contributed by atoms with van der Waals surface area (Å²) in [6.07, 6.45) is 0. The fourth-order valence-electron chi connectivity index (χ4n) is 1.65. The lowest BCUT2D eigenvalue weighted by Crippen LogP contribution is -2.06. The number of anilines is 1. The molecule has 0 aromatic heterocycles. The van der Waals surface area contributed by atoms with Gasteiger partial charge in [-0.05, 0) is 30.3 Å². The molecule has 0 aliphatic carbocycles. The predicted octanol–water partition coefficient (Wildman–Crippen LogP) is 3.16. The number of benzene rings is 2. The van der Waals surface area contributed by atoms with E-state index < -0.39 is 0 Å². The Kier molecular flexibility index (Phi) is 3.53. The van der Waals surface area contributed by atoms with Crippen molar-refractivity contribution >= 4 is 23.1 Å². The molecular weight excluding hydrogens is 250 g/mol. The van der Waals surface area contributed by atoms with Crippen LogP contribution in [0.15, 0.2) is 42.5 Å². The summed E-state index contributed by atoms with van der Waals surface area (Å²) >= 11 is 6.00. The highest BCUT2D eigenvalue weighted by atomic mass is 35.5. The van der Waals surface area contributed by atoms with Crippen molar-refractivity contribution in [1.82, 2.24) is 0 Å². The zero-order valence-corrected chi connectivity index (χ0v) is 10.6. The number of carbonyl (C=O) groups is 1. The first-order chi connectivity index (χ1) is 8.63. The van der Waals surface area contributed by atoms with Crippen LogP contribution < -0.4 is 10.5 Å². The standard InChI is InChI=1S/C14H12ClNO2/c1-18-9-6-7-13(16)11(8-9)14(17)10-4-2-3-5-12(10)15/h2-8H,16H2,1H3. The maximum atomic E-state index is 12.3. The van der Waals surface area contributed by atoms with Gasteiger partial charge in [-0.2, -0.15) is 0 Å². The number of ketones is 1. The van der Waals surface area contributed by atoms with E-state index in [0.717, 1.165) is 0 Å². The molecule has 2 aromatic carbocycles. The third-order valence-corrected chi connectivity index (χ3v) is 2.95. The predicted molar refractivity (Wildman–Crippen MR) is 72.3 cm³/mol. The highest BCUT2D eigenvalue weighted by Crippen LogP contribution is 2.25. The number of hydrogen-bond donors (Lipinski definition) is 1. The lowest BCUT2D eigenvalue weighted by molar-refractivity contribution is 0.103. The van der Waals surface area contributed by atoms with Crippen molar-refractivity contribution in [1.29, 1.82) is 0 Å². The van der Waals surface area contributed by atoms with E-state index in [1.165, 1.54) is 7.11 Å². The number of ether oxygens (including phenoxy) is 1. The number of halogens is 1. The third-order valence-electron chi connectivity index (χ3n) is 2.62. The molecule has 92 valence electrons. The van der Waals surface area contributed by atoms with E-state index in [1.807, 2.05) is 0 Å². The summed E-state index contributed by atoms with van der Waals surface area (Å²) in [7, 11) is 1.54. The number of hydrogen-bond acceptors (Lipinski definition) is 3. The smallest absolute Gasteiger partial charge is 0.196 e. The number of rotatable bonds is 3. The second-order valence-corrected chi connectivity index (χ2v) is 4.17.